The molecule has 0 atom stereocenters. The van der Waals surface area contributed by atoms with Crippen molar-refractivity contribution in [1.29, 1.82) is 0 Å². The molecule has 8 aromatic carbocycles. The summed E-state index contributed by atoms with van der Waals surface area (Å²) in [5.74, 6) is 1.08. The molecule has 3 aliphatic heterocycles. The molecule has 10 nitrogen and oxygen atoms in total. The van der Waals surface area contributed by atoms with Crippen LogP contribution in [0.25, 0.3) is 38.9 Å². The summed E-state index contributed by atoms with van der Waals surface area (Å²) in [6.45, 7) is 8.45. The van der Waals surface area contributed by atoms with Crippen LogP contribution >= 0.6 is 0 Å². The number of para-hydroxylation sites is 10. The standard InChI is InChI=1S/C36H23N5O.C30H26N4.Ir.Pt/c1-39-24-40(36-16-7-6-15-35(36)39)25-20-26(41-33-13-4-2-10-29(33)30-11-3-5-14-34(30)41)22-28(21-25)42-27-17-19-38-32(23-27)31-12-8-9-18-37-31;1-3-13-25(14-4-1)33-23-31(27-17-7-9-19-29(27)33)21-11-12-22-32-24-34(26-15-5-2-6-16-26)30-20-10-8-18-28(30)32;;/h2-11,13-20,22,24H,1H3;1-10,13,15,17-20,23-24H,11-12,21-22H2;;/q2*-4;;. The Morgan fingerprint density at radius 3 is 1.51 bits per heavy atom. The molecular formula is C66H49IrN9OPt-8. The van der Waals surface area contributed by atoms with E-state index in [4.69, 9.17) is 4.74 Å². The molecule has 0 spiro atoms. The number of aromatic nitrogens is 3. The first-order valence-electron chi connectivity index (χ1n) is 25.5. The summed E-state index contributed by atoms with van der Waals surface area (Å²) in [7, 11) is 2.05. The average Bonchev–Trinajstić information content (AvgIpc) is 4.35. The van der Waals surface area contributed by atoms with Gasteiger partial charge in [0.1, 0.15) is 0 Å². The molecule has 0 N–H and O–H groups in total. The van der Waals surface area contributed by atoms with Crippen LogP contribution in [-0.2, 0) is 41.2 Å². The minimum atomic E-state index is 0. The number of hydrogen-bond donors (Lipinski definition) is 0. The summed E-state index contributed by atoms with van der Waals surface area (Å²) in [5, 5.41) is 2.39. The first-order valence-corrected chi connectivity index (χ1v) is 25.5. The minimum absolute atomic E-state index is 0. The molecular weight excluding hydrogens is 1320 g/mol. The van der Waals surface area contributed by atoms with Crippen molar-refractivity contribution in [2.45, 2.75) is 12.8 Å². The smallest absolute Gasteiger partial charge is 0.0518 e. The van der Waals surface area contributed by atoms with E-state index >= 15 is 0 Å². The molecule has 0 aliphatic carbocycles. The topological polar surface area (TPSA) is 59.4 Å². The predicted molar refractivity (Wildman–Crippen MR) is 306 cm³/mol. The van der Waals surface area contributed by atoms with Gasteiger partial charge in [-0.05, 0) is 93.9 Å². The van der Waals surface area contributed by atoms with Crippen LogP contribution in [0, 0.1) is 50.3 Å². The van der Waals surface area contributed by atoms with Gasteiger partial charge in [0.2, 0.25) is 0 Å². The Bertz CT molecular complexity index is 3670. The number of hydrogen-bond acceptors (Lipinski definition) is 9. The largest absolute Gasteiger partial charge is 0.510 e. The number of rotatable bonds is 12. The molecule has 6 heterocycles. The van der Waals surface area contributed by atoms with Crippen molar-refractivity contribution in [3.05, 3.63) is 263 Å². The second-order valence-electron chi connectivity index (χ2n) is 18.6. The van der Waals surface area contributed by atoms with Crippen molar-refractivity contribution >= 4 is 73.0 Å². The summed E-state index contributed by atoms with van der Waals surface area (Å²) in [6, 6.07) is 85.0. The van der Waals surface area contributed by atoms with E-state index in [0.29, 0.717) is 22.9 Å². The summed E-state index contributed by atoms with van der Waals surface area (Å²) < 4.78 is 8.74. The monoisotopic (exact) mass is 1370 g/mol. The van der Waals surface area contributed by atoms with Crippen LogP contribution in [0.5, 0.6) is 11.5 Å². The fourth-order valence-electron chi connectivity index (χ4n) is 10.3. The van der Waals surface area contributed by atoms with Crippen LogP contribution in [-0.4, -0.2) is 34.7 Å². The Hall–Kier alpha value is -8.20. The van der Waals surface area contributed by atoms with E-state index in [1.165, 1.54) is 33.5 Å². The van der Waals surface area contributed by atoms with E-state index in [2.05, 4.69) is 253 Å². The first kappa shape index (κ1) is 51.9. The van der Waals surface area contributed by atoms with Gasteiger partial charge in [-0.25, -0.2) is 6.07 Å². The van der Waals surface area contributed by atoms with Gasteiger partial charge < -0.3 is 48.7 Å². The Morgan fingerprint density at radius 1 is 0.449 bits per heavy atom. The van der Waals surface area contributed by atoms with E-state index in [-0.39, 0.29) is 41.2 Å². The average molecular weight is 1370 g/mol. The molecule has 0 unspecified atom stereocenters. The number of unbranched alkanes of at least 4 members (excludes halogenated alkanes) is 1. The second-order valence-corrected chi connectivity index (χ2v) is 18.6. The maximum Gasteiger partial charge on any atom is 0.0518 e. The quantitative estimate of drug-likeness (QED) is 0.0879. The van der Waals surface area contributed by atoms with Crippen LogP contribution < -0.4 is 34.1 Å². The summed E-state index contributed by atoms with van der Waals surface area (Å²) in [6.07, 6.45) is 5.61. The third-order valence-corrected chi connectivity index (χ3v) is 13.8. The van der Waals surface area contributed by atoms with E-state index in [9.17, 15) is 0 Å². The first-order chi connectivity index (χ1) is 37.6. The Balaban J connectivity index is 0.000000165. The Kier molecular flexibility index (Phi) is 15.4. The molecule has 0 bridgehead atoms. The van der Waals surface area contributed by atoms with Crippen LogP contribution in [0.3, 0.4) is 0 Å². The summed E-state index contributed by atoms with van der Waals surface area (Å²) in [4.78, 5) is 22.2. The van der Waals surface area contributed by atoms with Gasteiger partial charge in [-0.3, -0.25) is 0 Å². The third kappa shape index (κ3) is 10.2. The van der Waals surface area contributed by atoms with Crippen molar-refractivity contribution < 1.29 is 45.9 Å². The van der Waals surface area contributed by atoms with Gasteiger partial charge in [0.15, 0.2) is 0 Å². The number of fused-ring (bicyclic) bond motifs is 6. The number of ether oxygens (including phenoxy) is 1. The van der Waals surface area contributed by atoms with Crippen molar-refractivity contribution in [2.24, 2.45) is 0 Å². The zero-order valence-electron chi connectivity index (χ0n) is 42.4. The third-order valence-electron chi connectivity index (χ3n) is 13.8. The van der Waals surface area contributed by atoms with Crippen molar-refractivity contribution in [2.75, 3.05) is 49.5 Å². The van der Waals surface area contributed by atoms with Gasteiger partial charge in [-0.15, -0.1) is 53.1 Å². The number of anilines is 9. The molecule has 3 aromatic heterocycles. The molecule has 3 aliphatic rings. The minimum Gasteiger partial charge on any atom is -0.510 e. The molecule has 1 radical (unpaired) electrons. The summed E-state index contributed by atoms with van der Waals surface area (Å²) >= 11 is 0. The molecule has 14 rings (SSSR count). The number of benzene rings is 8. The van der Waals surface area contributed by atoms with Crippen molar-refractivity contribution in [3.8, 4) is 28.6 Å². The fraction of sp³-hybridized carbons (Fsp3) is 0.0758. The molecule has 0 amide bonds. The normalized spacial score (nSPS) is 13.1. The van der Waals surface area contributed by atoms with Crippen LogP contribution in [0.2, 0.25) is 0 Å². The maximum atomic E-state index is 6.46. The molecule has 78 heavy (non-hydrogen) atoms. The molecule has 0 saturated heterocycles. The van der Waals surface area contributed by atoms with Gasteiger partial charge in [0, 0.05) is 97.6 Å². The SMILES string of the molecule is CN1[CH-]N(c2[c-]c(Oc3[c-]c(-c4[c-]cccn4)ncc3)cc(-n3c4ccccc4c4ccccc43)c2)c2ccccc21.[Ir].[Pt].[c-]1ccccc1N1[CH-]N(CCCCN2[CH-]N(c3[c-]cccc3)c3ccccc32)c2ccccc21. The zero-order valence-corrected chi connectivity index (χ0v) is 47.0. The van der Waals surface area contributed by atoms with Gasteiger partial charge in [0.25, 0.3) is 0 Å². The van der Waals surface area contributed by atoms with Crippen LogP contribution in [0.4, 0.5) is 51.2 Å². The zero-order chi connectivity index (χ0) is 50.8. The van der Waals surface area contributed by atoms with Crippen molar-refractivity contribution in [3.63, 3.8) is 0 Å². The molecule has 391 valence electrons. The Labute approximate surface area is 484 Å². The van der Waals surface area contributed by atoms with Gasteiger partial charge in [-0.2, -0.15) is 92.8 Å². The number of nitrogens with zero attached hydrogens (tertiary/aromatic N) is 9. The predicted octanol–water partition coefficient (Wildman–Crippen LogP) is 15.1. The maximum absolute atomic E-state index is 6.46. The fourth-order valence-corrected chi connectivity index (χ4v) is 10.3. The van der Waals surface area contributed by atoms with Crippen LogP contribution in [0.15, 0.2) is 213 Å². The molecule has 11 aromatic rings. The van der Waals surface area contributed by atoms with E-state index in [1.54, 1.807) is 18.5 Å². The van der Waals surface area contributed by atoms with E-state index in [0.717, 1.165) is 71.1 Å². The molecule has 0 fully saturated rings. The van der Waals surface area contributed by atoms with Gasteiger partial charge >= 0.3 is 0 Å². The van der Waals surface area contributed by atoms with E-state index in [1.807, 2.05) is 42.5 Å². The molecule has 0 saturated carbocycles. The number of pyridine rings is 2. The van der Waals surface area contributed by atoms with E-state index < -0.39 is 0 Å². The second kappa shape index (κ2) is 23.2. The van der Waals surface area contributed by atoms with Crippen LogP contribution in [0.1, 0.15) is 12.8 Å². The Morgan fingerprint density at radius 2 is 0.949 bits per heavy atom. The van der Waals surface area contributed by atoms with Gasteiger partial charge in [0.05, 0.1) is 11.0 Å². The van der Waals surface area contributed by atoms with Crippen molar-refractivity contribution in [1.82, 2.24) is 14.5 Å². The van der Waals surface area contributed by atoms with Gasteiger partial charge in [-0.1, -0.05) is 84.2 Å². The molecule has 12 heteroatoms. The summed E-state index contributed by atoms with van der Waals surface area (Å²) in [5.41, 5.74) is 14.5.